The molecule has 10 rings (SSSR count). The van der Waals surface area contributed by atoms with Gasteiger partial charge in [0.25, 0.3) is 0 Å². The molecule has 0 aliphatic rings. The third-order valence-corrected chi connectivity index (χ3v) is 13.2. The Morgan fingerprint density at radius 2 is 1.34 bits per heavy atom. The summed E-state index contributed by atoms with van der Waals surface area (Å²) in [4.78, 5) is 9.80. The first-order valence-corrected chi connectivity index (χ1v) is 24.1. The summed E-state index contributed by atoms with van der Waals surface area (Å²) in [5.74, 6) is 0.799. The molecule has 0 bridgehead atoms. The number of pyridine rings is 1. The second-order valence-corrected chi connectivity index (χ2v) is 22.4. The van der Waals surface area contributed by atoms with Crippen molar-refractivity contribution in [2.24, 2.45) is 0 Å². The minimum absolute atomic E-state index is 0. The van der Waals surface area contributed by atoms with Crippen LogP contribution in [-0.2, 0) is 25.5 Å². The number of imidazole rings is 1. The Balaban J connectivity index is 0.000000208. The van der Waals surface area contributed by atoms with Crippen LogP contribution in [-0.4, -0.2) is 22.6 Å². The van der Waals surface area contributed by atoms with Crippen LogP contribution in [0.5, 0.6) is 0 Å². The minimum atomic E-state index is -1.26. The van der Waals surface area contributed by atoms with Gasteiger partial charge in [-0.2, -0.15) is 0 Å². The molecule has 1 radical (unpaired) electrons. The van der Waals surface area contributed by atoms with Crippen molar-refractivity contribution in [1.29, 1.82) is 0 Å². The number of hydrogen-bond donors (Lipinski definition) is 0. The fraction of sp³-hybridized carbons (Fsp3) is 0.127. The number of para-hydroxylation sites is 3. The fourth-order valence-corrected chi connectivity index (χ4v) is 8.77. The van der Waals surface area contributed by atoms with Gasteiger partial charge in [-0.05, 0) is 57.3 Å². The average molecular weight is 986 g/mol. The van der Waals surface area contributed by atoms with Gasteiger partial charge >= 0.3 is 0 Å². The SMILES string of the molecule is CC(C)(C)c1c[c-]c(-c2ccc([Si](C)(C)C)cn2)cc1.[Ir].[c-]1ccc2c(oc3ccccc32)c1-c1nc2ccccc2n1-c1cc(-c2ccccc2)ccc1-c1ccccc1. The molecule has 0 aliphatic heterocycles. The van der Waals surface area contributed by atoms with E-state index in [0.717, 1.165) is 78.0 Å². The monoisotopic (exact) mass is 986 g/mol. The second-order valence-electron chi connectivity index (χ2n) is 17.3. The third-order valence-electron chi connectivity index (χ3n) is 11.1. The van der Waals surface area contributed by atoms with Gasteiger partial charge in [-0.25, -0.2) is 0 Å². The van der Waals surface area contributed by atoms with E-state index >= 15 is 0 Å². The van der Waals surface area contributed by atoms with E-state index in [1.165, 1.54) is 16.3 Å². The fourth-order valence-electron chi connectivity index (χ4n) is 7.73. The molecule has 4 nitrogen and oxygen atoms in total. The van der Waals surface area contributed by atoms with Crippen LogP contribution in [0, 0.1) is 12.1 Å². The van der Waals surface area contributed by atoms with Crippen molar-refractivity contribution in [3.8, 4) is 50.6 Å². The molecule has 0 spiro atoms. The summed E-state index contributed by atoms with van der Waals surface area (Å²) in [5, 5.41) is 3.54. The van der Waals surface area contributed by atoms with Crippen molar-refractivity contribution in [2.45, 2.75) is 45.8 Å². The number of aromatic nitrogens is 3. The molecule has 0 fully saturated rings. The van der Waals surface area contributed by atoms with E-state index < -0.39 is 8.07 Å². The molecular formula is C55H47IrN3OSi-2. The van der Waals surface area contributed by atoms with Gasteiger partial charge < -0.3 is 14.0 Å². The molecule has 0 saturated heterocycles. The molecule has 0 unspecified atom stereocenters. The Bertz CT molecular complexity index is 3030. The zero-order valence-electron chi connectivity index (χ0n) is 35.3. The Morgan fingerprint density at radius 3 is 2.03 bits per heavy atom. The number of hydrogen-bond acceptors (Lipinski definition) is 3. The van der Waals surface area contributed by atoms with E-state index in [0.29, 0.717) is 0 Å². The number of nitrogens with zero attached hydrogens (tertiary/aromatic N) is 3. The minimum Gasteiger partial charge on any atom is -0.501 e. The first kappa shape index (κ1) is 41.6. The molecule has 0 saturated carbocycles. The summed E-state index contributed by atoms with van der Waals surface area (Å²) >= 11 is 0. The van der Waals surface area contributed by atoms with Crippen LogP contribution in [0.4, 0.5) is 0 Å². The van der Waals surface area contributed by atoms with E-state index in [1.54, 1.807) is 0 Å². The van der Waals surface area contributed by atoms with E-state index in [9.17, 15) is 0 Å². The van der Waals surface area contributed by atoms with Crippen molar-refractivity contribution < 1.29 is 24.5 Å². The van der Waals surface area contributed by atoms with Crippen LogP contribution in [0.1, 0.15) is 26.3 Å². The molecule has 0 atom stereocenters. The van der Waals surface area contributed by atoms with Gasteiger partial charge in [0, 0.05) is 42.9 Å². The Labute approximate surface area is 373 Å². The molecule has 3 aromatic heterocycles. The first-order valence-electron chi connectivity index (χ1n) is 20.6. The standard InChI is InChI=1S/C37H23N2O.C18H24NSi.Ir/c1-3-12-25(13-4-1)27-22-23-28(26-14-5-2-6-15-26)34(24-27)39-33-20-9-8-19-32(33)38-37(39)31-18-11-17-30-29-16-7-10-21-35(29)40-36(30)31;1-18(2,3)15-9-7-14(8-10-15)17-12-11-16(13-19-17)20(4,5)6;/h1-17,19-24H;7,9-13H,1-6H3;/q2*-1;. The number of furan rings is 1. The summed E-state index contributed by atoms with van der Waals surface area (Å²) in [6, 6.07) is 65.8. The predicted octanol–water partition coefficient (Wildman–Crippen LogP) is 14.1. The number of fused-ring (bicyclic) bond motifs is 4. The van der Waals surface area contributed by atoms with Gasteiger partial charge in [-0.15, -0.1) is 53.6 Å². The Morgan fingerprint density at radius 1 is 0.639 bits per heavy atom. The maximum Gasteiger partial charge on any atom is 0.120 e. The van der Waals surface area contributed by atoms with Crippen molar-refractivity contribution in [3.05, 3.63) is 194 Å². The Kier molecular flexibility index (Phi) is 11.6. The normalized spacial score (nSPS) is 11.6. The second kappa shape index (κ2) is 17.1. The largest absolute Gasteiger partial charge is 0.501 e. The molecule has 3 heterocycles. The van der Waals surface area contributed by atoms with Crippen LogP contribution in [0.2, 0.25) is 19.6 Å². The summed E-state index contributed by atoms with van der Waals surface area (Å²) in [6.07, 6.45) is 2.03. The third kappa shape index (κ3) is 8.45. The molecule has 0 N–H and O–H groups in total. The van der Waals surface area contributed by atoms with Crippen LogP contribution in [0.25, 0.3) is 83.6 Å². The number of rotatable bonds is 6. The van der Waals surface area contributed by atoms with Crippen molar-refractivity contribution in [1.82, 2.24) is 14.5 Å². The maximum absolute atomic E-state index is 6.45. The van der Waals surface area contributed by atoms with E-state index in [2.05, 4.69) is 196 Å². The maximum atomic E-state index is 6.45. The van der Waals surface area contributed by atoms with Gasteiger partial charge in [0.2, 0.25) is 0 Å². The molecular weight excluding hydrogens is 939 g/mol. The van der Waals surface area contributed by atoms with Gasteiger partial charge in [-0.3, -0.25) is 4.98 Å². The van der Waals surface area contributed by atoms with Gasteiger partial charge in [0.15, 0.2) is 0 Å². The molecule has 0 aliphatic carbocycles. The average Bonchev–Trinajstić information content (AvgIpc) is 3.86. The van der Waals surface area contributed by atoms with E-state index in [1.807, 2.05) is 42.6 Å². The van der Waals surface area contributed by atoms with E-state index in [4.69, 9.17) is 9.40 Å². The van der Waals surface area contributed by atoms with Gasteiger partial charge in [0.1, 0.15) is 5.58 Å². The summed E-state index contributed by atoms with van der Waals surface area (Å²) in [6.45, 7) is 13.7. The zero-order chi connectivity index (χ0) is 41.4. The van der Waals surface area contributed by atoms with Crippen LogP contribution >= 0.6 is 0 Å². The van der Waals surface area contributed by atoms with Crippen molar-refractivity contribution in [2.75, 3.05) is 0 Å². The van der Waals surface area contributed by atoms with Crippen LogP contribution in [0.15, 0.2) is 180 Å². The van der Waals surface area contributed by atoms with Crippen molar-refractivity contribution >= 4 is 46.2 Å². The molecule has 6 heteroatoms. The van der Waals surface area contributed by atoms with Gasteiger partial charge in [-0.1, -0.05) is 167 Å². The van der Waals surface area contributed by atoms with Crippen molar-refractivity contribution in [3.63, 3.8) is 0 Å². The summed E-state index contributed by atoms with van der Waals surface area (Å²) in [7, 11) is -1.26. The molecule has 10 aromatic rings. The number of benzene rings is 7. The Hall–Kier alpha value is -6.17. The summed E-state index contributed by atoms with van der Waals surface area (Å²) in [5.41, 5.74) is 13.6. The van der Waals surface area contributed by atoms with Crippen LogP contribution in [0.3, 0.4) is 0 Å². The molecule has 61 heavy (non-hydrogen) atoms. The predicted molar refractivity (Wildman–Crippen MR) is 254 cm³/mol. The molecule has 0 amide bonds. The first-order chi connectivity index (χ1) is 29.0. The van der Waals surface area contributed by atoms with Crippen LogP contribution < -0.4 is 5.19 Å². The molecule has 7 aromatic carbocycles. The summed E-state index contributed by atoms with van der Waals surface area (Å²) < 4.78 is 8.71. The zero-order valence-corrected chi connectivity index (χ0v) is 38.7. The smallest absolute Gasteiger partial charge is 0.120 e. The topological polar surface area (TPSA) is 43.9 Å². The van der Waals surface area contributed by atoms with Gasteiger partial charge in [0.05, 0.1) is 30.5 Å². The quantitative estimate of drug-likeness (QED) is 0.123. The van der Waals surface area contributed by atoms with E-state index in [-0.39, 0.29) is 25.5 Å². The molecule has 303 valence electrons.